The molecule has 0 bridgehead atoms. The molecular weight excluding hydrogens is 564 g/mol. The summed E-state index contributed by atoms with van der Waals surface area (Å²) in [5.74, 6) is 0. The molecule has 0 unspecified atom stereocenters. The monoisotopic (exact) mass is 562 g/mol. The van der Waals surface area contributed by atoms with Gasteiger partial charge >= 0.3 is 62.1 Å². The summed E-state index contributed by atoms with van der Waals surface area (Å²) in [5, 5.41) is 0. The molecule has 0 aliphatic rings. The van der Waals surface area contributed by atoms with E-state index in [-0.39, 0.29) is 29.2 Å². The maximum Gasteiger partial charge on any atom is 0 e. The van der Waals surface area contributed by atoms with Crippen molar-refractivity contribution >= 4 is 0 Å². The average molecular weight is 564 g/mol. The second kappa shape index (κ2) is 6.87. The molecule has 11 heteroatoms. The molecule has 0 spiro atoms. The molecule has 0 aromatic carbocycles. The predicted octanol–water partition coefficient (Wildman–Crippen LogP) is -5.24. The minimum absolute atomic E-state index is 0. The van der Waals surface area contributed by atoms with Crippen LogP contribution in [0.4, 0.5) is 0 Å². The van der Waals surface area contributed by atoms with Gasteiger partial charge in [0, 0.05) is 29.2 Å². The fourth-order valence-corrected chi connectivity index (χ4v) is 0. The van der Waals surface area contributed by atoms with Crippen molar-refractivity contribution in [1.82, 2.24) is 0 Å². The maximum absolute atomic E-state index is 8.63. The molecule has 0 heterocycles. The van der Waals surface area contributed by atoms with Crippen molar-refractivity contribution in [3.05, 3.63) is 0 Å². The normalized spacial score (nSPS) is 10.5. The summed E-state index contributed by atoms with van der Waals surface area (Å²) in [6, 6.07) is 0. The van der Waals surface area contributed by atoms with E-state index in [4.69, 9.17) is 28.6 Å². The van der Waals surface area contributed by atoms with Gasteiger partial charge in [-0.15, -0.1) is 0 Å². The van der Waals surface area contributed by atoms with Gasteiger partial charge in [0.1, 0.15) is 0 Å². The van der Waals surface area contributed by atoms with Crippen LogP contribution in [0.2, 0.25) is 0 Å². The van der Waals surface area contributed by atoms with Crippen LogP contribution in [-0.2, 0) is 47.1 Å². The smallest absolute Gasteiger partial charge is 0 e. The molecule has 70 valence electrons. The summed E-state index contributed by atoms with van der Waals surface area (Å²) >= 11 is -12.0. The molecule has 8 nitrogen and oxygen atoms in total. The molecular formula is Mo2O8Pu-4. The van der Waals surface area contributed by atoms with E-state index in [1.807, 2.05) is 0 Å². The number of hydrogen-bond donors (Lipinski definition) is 0. The molecule has 0 saturated carbocycles. The van der Waals surface area contributed by atoms with Crippen LogP contribution in [-0.4, -0.2) is 0 Å². The number of rotatable bonds is 0. The van der Waals surface area contributed by atoms with Gasteiger partial charge in [0.05, 0.1) is 0 Å². The van der Waals surface area contributed by atoms with Crippen LogP contribution < -0.4 is 15.0 Å². The zero-order valence-electron chi connectivity index (χ0n) is 4.49. The van der Waals surface area contributed by atoms with Gasteiger partial charge < -0.3 is 0 Å². The Morgan fingerprint density at radius 1 is 0.636 bits per heavy atom. The topological polar surface area (TPSA) is 161 Å². The minimum Gasteiger partial charge on any atom is 0 e. The molecule has 0 aliphatic carbocycles. The molecule has 0 rings (SSSR count). The summed E-state index contributed by atoms with van der Waals surface area (Å²) in [6.07, 6.45) is 0. The van der Waals surface area contributed by atoms with E-state index in [1.54, 1.807) is 0 Å². The Labute approximate surface area is 90.2 Å². The van der Waals surface area contributed by atoms with Crippen LogP contribution in [0.25, 0.3) is 0 Å². The summed E-state index contributed by atoms with van der Waals surface area (Å²) in [6.45, 7) is 0. The standard InChI is InChI=1S/2Mo.8O.Pu/q;;;;;;4*-1;. The van der Waals surface area contributed by atoms with Crippen molar-refractivity contribution in [2.75, 3.05) is 0 Å². The molecule has 0 radical (unpaired) electrons. The Balaban J connectivity index is -0.000000107. The third-order valence-corrected chi connectivity index (χ3v) is 0. The molecule has 0 aliphatic heterocycles. The van der Waals surface area contributed by atoms with Crippen LogP contribution in [0.3, 0.4) is 0 Å². The van der Waals surface area contributed by atoms with Gasteiger partial charge in [-0.25, -0.2) is 0 Å². The molecule has 11 heavy (non-hydrogen) atoms. The fraction of sp³-hybridized carbons (Fsp3) is 0. The zero-order chi connectivity index (χ0) is 9.00. The van der Waals surface area contributed by atoms with Crippen LogP contribution in [0, 0.1) is 29.2 Å². The van der Waals surface area contributed by atoms with E-state index in [9.17, 15) is 0 Å². The van der Waals surface area contributed by atoms with Gasteiger partial charge in [-0.2, -0.15) is 0 Å². The van der Waals surface area contributed by atoms with Gasteiger partial charge in [-0.3, -0.25) is 0 Å². The largest absolute Gasteiger partial charge is 0 e. The minimum atomic E-state index is -6.02. The van der Waals surface area contributed by atoms with Gasteiger partial charge in [-0.1, -0.05) is 0 Å². The Kier molecular flexibility index (Phi) is 11.4. The van der Waals surface area contributed by atoms with Crippen LogP contribution in [0.5, 0.6) is 0 Å². The third-order valence-electron chi connectivity index (χ3n) is 0. The molecule has 0 saturated heterocycles. The fourth-order valence-electron chi connectivity index (χ4n) is 0. The van der Waals surface area contributed by atoms with Crippen molar-refractivity contribution in [3.63, 3.8) is 0 Å². The average Bonchev–Trinajstić information content (AvgIpc) is 1.12. The van der Waals surface area contributed by atoms with E-state index >= 15 is 0 Å². The van der Waals surface area contributed by atoms with Crippen LogP contribution >= 0.6 is 0 Å². The second-order valence-electron chi connectivity index (χ2n) is 0.816. The Bertz CT molecular complexity index is 208. The quantitative estimate of drug-likeness (QED) is 0.264. The summed E-state index contributed by atoms with van der Waals surface area (Å²) in [4.78, 5) is 0. The molecule has 0 amide bonds. The molecule has 0 N–H and O–H groups in total. The van der Waals surface area contributed by atoms with Crippen molar-refractivity contribution in [2.24, 2.45) is 0 Å². The van der Waals surface area contributed by atoms with Crippen LogP contribution in [0.15, 0.2) is 0 Å². The predicted molar refractivity (Wildman–Crippen MR) is 2.75 cm³/mol. The number of hydrogen-bond acceptors (Lipinski definition) is 8. The Morgan fingerprint density at radius 2 is 0.636 bits per heavy atom. The molecule has 0 fully saturated rings. The Hall–Kier alpha value is 1.40. The second-order valence-corrected chi connectivity index (χ2v) is 4.83. The van der Waals surface area contributed by atoms with E-state index in [2.05, 4.69) is 0 Å². The van der Waals surface area contributed by atoms with Gasteiger partial charge in [0.25, 0.3) is 0 Å². The molecule has 0 aromatic rings. The van der Waals surface area contributed by atoms with Crippen molar-refractivity contribution in [3.8, 4) is 0 Å². The first kappa shape index (κ1) is 18.2. The molecule has 0 atom stereocenters. The van der Waals surface area contributed by atoms with Gasteiger partial charge in [0.2, 0.25) is 0 Å². The van der Waals surface area contributed by atoms with E-state index in [0.29, 0.717) is 0 Å². The van der Waals surface area contributed by atoms with E-state index in [0.717, 1.165) is 0 Å². The van der Waals surface area contributed by atoms with Crippen molar-refractivity contribution in [1.29, 1.82) is 0 Å². The third kappa shape index (κ3) is 512. The first-order valence-electron chi connectivity index (χ1n) is 1.33. The van der Waals surface area contributed by atoms with Crippen LogP contribution in [0.1, 0.15) is 0 Å². The molecule has 0 aromatic heterocycles. The zero-order valence-corrected chi connectivity index (χ0v) is 11.9. The first-order chi connectivity index (χ1) is 4.00. The maximum atomic E-state index is 8.63. The summed E-state index contributed by atoms with van der Waals surface area (Å²) in [7, 11) is 0. The SMILES string of the molecule is [O]=[Mo](=[O])([O-])[O-].[O]=[Mo](=[O])([O-])[O-].[Pu]. The van der Waals surface area contributed by atoms with Crippen molar-refractivity contribution in [2.45, 2.75) is 0 Å². The van der Waals surface area contributed by atoms with Crippen molar-refractivity contribution < 1.29 is 91.3 Å². The summed E-state index contributed by atoms with van der Waals surface area (Å²) in [5.41, 5.74) is 0. The van der Waals surface area contributed by atoms with E-state index < -0.39 is 33.5 Å². The Morgan fingerprint density at radius 3 is 0.636 bits per heavy atom. The van der Waals surface area contributed by atoms with Gasteiger partial charge in [0.15, 0.2) is 0 Å². The van der Waals surface area contributed by atoms with E-state index in [1.165, 1.54) is 0 Å². The first-order valence-corrected chi connectivity index (χ1v) is 7.89. The van der Waals surface area contributed by atoms with Gasteiger partial charge in [-0.05, 0) is 0 Å². The summed E-state index contributed by atoms with van der Waals surface area (Å²) < 4.78 is 69.0.